The van der Waals surface area contributed by atoms with Gasteiger partial charge in [0.1, 0.15) is 11.2 Å². The maximum atomic E-state index is 7.32. The third kappa shape index (κ3) is 8.04. The Morgan fingerprint density at radius 3 is 1.35 bits per heavy atom. The first-order valence-electron chi connectivity index (χ1n) is 24.3. The number of fused-ring (bicyclic) bond motifs is 7. The Morgan fingerprint density at radius 2 is 0.775 bits per heavy atom. The van der Waals surface area contributed by atoms with Crippen LogP contribution in [0.15, 0.2) is 277 Å². The molecular weight excluding hydrogens is 861 g/mol. The van der Waals surface area contributed by atoms with E-state index < -0.39 is 0 Å². The number of hydrogen-bond donors (Lipinski definition) is 0. The highest BCUT2D eigenvalue weighted by Gasteiger charge is 2.26. The van der Waals surface area contributed by atoms with E-state index in [0.717, 1.165) is 99.9 Å². The Bertz CT molecular complexity index is 3930. The molecule has 0 unspecified atom stereocenters. The van der Waals surface area contributed by atoms with Crippen LogP contribution in [0.5, 0.6) is 0 Å². The van der Waals surface area contributed by atoms with E-state index in [1.807, 2.05) is 0 Å². The second-order valence-electron chi connectivity index (χ2n) is 18.1. The van der Waals surface area contributed by atoms with Crippen LogP contribution < -0.4 is 9.80 Å². The van der Waals surface area contributed by atoms with Crippen molar-refractivity contribution in [1.29, 1.82) is 0 Å². The Kier molecular flexibility index (Phi) is 11.4. The van der Waals surface area contributed by atoms with E-state index in [-0.39, 0.29) is 0 Å². The van der Waals surface area contributed by atoms with E-state index in [0.29, 0.717) is 0 Å². The summed E-state index contributed by atoms with van der Waals surface area (Å²) in [5.74, 6) is 0. The predicted molar refractivity (Wildman–Crippen MR) is 302 cm³/mol. The molecule has 12 aromatic rings. The molecule has 12 rings (SSSR count). The molecule has 0 fully saturated rings. The zero-order valence-electron chi connectivity index (χ0n) is 39.7. The first-order chi connectivity index (χ1) is 35.1. The minimum Gasteiger partial charge on any atom is -0.456 e. The quantitative estimate of drug-likeness (QED) is 0.121. The maximum absolute atomic E-state index is 7.32. The number of hydrogen-bond acceptors (Lipinski definition) is 3. The van der Waals surface area contributed by atoms with E-state index in [2.05, 4.69) is 291 Å². The van der Waals surface area contributed by atoms with Crippen LogP contribution in [0.3, 0.4) is 0 Å². The summed E-state index contributed by atoms with van der Waals surface area (Å²) >= 11 is 0. The molecule has 0 aliphatic rings. The van der Waals surface area contributed by atoms with Crippen LogP contribution in [-0.4, -0.2) is 0 Å². The molecule has 0 saturated carbocycles. The van der Waals surface area contributed by atoms with Crippen molar-refractivity contribution in [1.82, 2.24) is 0 Å². The van der Waals surface area contributed by atoms with Gasteiger partial charge < -0.3 is 14.2 Å². The molecule has 0 aliphatic carbocycles. The second kappa shape index (κ2) is 18.7. The number of allylic oxidation sites excluding steroid dienone is 4. The van der Waals surface area contributed by atoms with Gasteiger partial charge in [0, 0.05) is 56.2 Å². The van der Waals surface area contributed by atoms with Crippen molar-refractivity contribution in [3.05, 3.63) is 278 Å². The Labute approximate surface area is 415 Å². The van der Waals surface area contributed by atoms with Crippen molar-refractivity contribution in [2.75, 3.05) is 9.80 Å². The Hall–Kier alpha value is -9.18. The van der Waals surface area contributed by atoms with Gasteiger partial charge in [-0.15, -0.1) is 0 Å². The van der Waals surface area contributed by atoms with Gasteiger partial charge >= 0.3 is 0 Å². The lowest BCUT2D eigenvalue weighted by Gasteiger charge is -2.29. The summed E-state index contributed by atoms with van der Waals surface area (Å²) in [6.45, 7) is 4.39. The van der Waals surface area contributed by atoms with Crippen LogP contribution in [0.2, 0.25) is 0 Å². The van der Waals surface area contributed by atoms with Crippen LogP contribution >= 0.6 is 0 Å². The van der Waals surface area contributed by atoms with Gasteiger partial charge in [-0.1, -0.05) is 224 Å². The summed E-state index contributed by atoms with van der Waals surface area (Å²) in [6.07, 6.45) is 4.48. The molecule has 0 bridgehead atoms. The third-order valence-electron chi connectivity index (χ3n) is 13.8. The summed E-state index contributed by atoms with van der Waals surface area (Å²) in [5, 5.41) is 6.72. The van der Waals surface area contributed by atoms with Crippen molar-refractivity contribution in [3.8, 4) is 33.4 Å². The number of nitrogens with zero attached hydrogens (tertiary/aromatic N) is 2. The predicted octanol–water partition coefficient (Wildman–Crippen LogP) is 19.5. The van der Waals surface area contributed by atoms with Gasteiger partial charge in [-0.3, -0.25) is 0 Å². The van der Waals surface area contributed by atoms with Gasteiger partial charge in [0.05, 0.1) is 22.7 Å². The second-order valence-corrected chi connectivity index (χ2v) is 18.1. The molecule has 1 heterocycles. The highest BCUT2D eigenvalue weighted by molar-refractivity contribution is 6.30. The van der Waals surface area contributed by atoms with Gasteiger partial charge in [0.2, 0.25) is 0 Å². The summed E-state index contributed by atoms with van der Waals surface area (Å²) in [5.41, 5.74) is 17.3. The molecular formula is C68H50N2O. The van der Waals surface area contributed by atoms with E-state index in [1.54, 1.807) is 0 Å². The standard InChI is InChI=1S/C68H50N2O/c1-47(49-23-7-3-8-24-49)39-40-48(2)69(61-37-21-19-31-55(61)52-27-11-5-12-28-52)63-45-65-67(59-35-17-15-33-57(59)63)68-60-36-18-16-34-58(60)64(46-66(68)71-65)70(54-43-41-51(42-44-54)50-25-9-4-10-26-50)62-38-22-20-32-56(62)53-29-13-6-14-30-53/h3-46H,1-2H3. The number of furan rings is 1. The van der Waals surface area contributed by atoms with Crippen LogP contribution in [0.1, 0.15) is 19.4 Å². The fourth-order valence-electron chi connectivity index (χ4n) is 10.4. The summed E-state index contributed by atoms with van der Waals surface area (Å²) in [6, 6.07) is 91.1. The molecule has 71 heavy (non-hydrogen) atoms. The molecule has 3 nitrogen and oxygen atoms in total. The van der Waals surface area contributed by atoms with Crippen molar-refractivity contribution in [2.45, 2.75) is 13.8 Å². The van der Waals surface area contributed by atoms with Gasteiger partial charge in [0.15, 0.2) is 0 Å². The lowest BCUT2D eigenvalue weighted by Crippen LogP contribution is -2.16. The zero-order chi connectivity index (χ0) is 47.7. The van der Waals surface area contributed by atoms with Crippen LogP contribution in [0.25, 0.3) is 82.4 Å². The molecule has 0 spiro atoms. The fraction of sp³-hybridized carbons (Fsp3) is 0.0294. The van der Waals surface area contributed by atoms with E-state index in [9.17, 15) is 0 Å². The van der Waals surface area contributed by atoms with Crippen molar-refractivity contribution in [3.63, 3.8) is 0 Å². The minimum atomic E-state index is 0.823. The lowest BCUT2D eigenvalue weighted by atomic mass is 9.95. The number of para-hydroxylation sites is 2. The van der Waals surface area contributed by atoms with E-state index >= 15 is 0 Å². The van der Waals surface area contributed by atoms with Crippen molar-refractivity contribution >= 4 is 77.5 Å². The number of anilines is 5. The van der Waals surface area contributed by atoms with Crippen LogP contribution in [0, 0.1) is 0 Å². The Balaban J connectivity index is 1.11. The fourth-order valence-corrected chi connectivity index (χ4v) is 10.4. The normalized spacial score (nSPS) is 12.0. The first kappa shape index (κ1) is 43.1. The molecule has 338 valence electrons. The van der Waals surface area contributed by atoms with Gasteiger partial charge in [-0.25, -0.2) is 0 Å². The Morgan fingerprint density at radius 1 is 0.352 bits per heavy atom. The molecule has 0 N–H and O–H groups in total. The van der Waals surface area contributed by atoms with Crippen LogP contribution in [0.4, 0.5) is 28.4 Å². The first-order valence-corrected chi connectivity index (χ1v) is 24.3. The van der Waals surface area contributed by atoms with Gasteiger partial charge in [-0.2, -0.15) is 0 Å². The van der Waals surface area contributed by atoms with E-state index in [1.165, 1.54) is 22.3 Å². The summed E-state index contributed by atoms with van der Waals surface area (Å²) < 4.78 is 7.32. The van der Waals surface area contributed by atoms with Crippen molar-refractivity contribution in [2.24, 2.45) is 0 Å². The molecule has 1 aromatic heterocycles. The molecule has 0 saturated heterocycles. The monoisotopic (exact) mass is 910 g/mol. The van der Waals surface area contributed by atoms with Gasteiger partial charge in [-0.05, 0) is 88.4 Å². The number of rotatable bonds is 11. The summed E-state index contributed by atoms with van der Waals surface area (Å²) in [7, 11) is 0. The molecule has 3 heteroatoms. The average molecular weight is 911 g/mol. The highest BCUT2D eigenvalue weighted by atomic mass is 16.3. The topological polar surface area (TPSA) is 19.6 Å². The van der Waals surface area contributed by atoms with Gasteiger partial charge in [0.25, 0.3) is 0 Å². The zero-order valence-corrected chi connectivity index (χ0v) is 39.7. The maximum Gasteiger partial charge on any atom is 0.138 e. The summed E-state index contributed by atoms with van der Waals surface area (Å²) in [4.78, 5) is 4.83. The smallest absolute Gasteiger partial charge is 0.138 e. The average Bonchev–Trinajstić information content (AvgIpc) is 3.83. The number of benzene rings is 11. The lowest BCUT2D eigenvalue weighted by molar-refractivity contribution is 0.669. The highest BCUT2D eigenvalue weighted by Crippen LogP contribution is 2.50. The third-order valence-corrected chi connectivity index (χ3v) is 13.8. The van der Waals surface area contributed by atoms with Crippen molar-refractivity contribution < 1.29 is 4.42 Å². The SMILES string of the molecule is CC(=CC=C(C)N(c1ccccc1-c1ccccc1)c1cc2oc3cc(N(c4ccc(-c5ccccc5)cc4)c4ccccc4-c4ccccc4)c4ccccc4c3c2c2ccccc12)c1ccccc1. The largest absolute Gasteiger partial charge is 0.456 e. The van der Waals surface area contributed by atoms with E-state index in [4.69, 9.17) is 4.42 Å². The molecule has 0 amide bonds. The minimum absolute atomic E-state index is 0.823. The van der Waals surface area contributed by atoms with Crippen LogP contribution in [-0.2, 0) is 0 Å². The molecule has 0 atom stereocenters. The molecule has 11 aromatic carbocycles. The molecule has 0 radical (unpaired) electrons. The molecule has 0 aliphatic heterocycles.